The molecule has 1 aromatic rings. The zero-order valence-corrected chi connectivity index (χ0v) is 16.6. The second-order valence-corrected chi connectivity index (χ2v) is 7.75. The first-order chi connectivity index (χ1) is 13.1. The maximum Gasteiger partial charge on any atom is 0.228 e. The molecule has 0 saturated heterocycles. The van der Waals surface area contributed by atoms with Gasteiger partial charge in [0.25, 0.3) is 0 Å². The summed E-state index contributed by atoms with van der Waals surface area (Å²) in [7, 11) is 0. The third-order valence-corrected chi connectivity index (χ3v) is 5.84. The summed E-state index contributed by atoms with van der Waals surface area (Å²) < 4.78 is 0. The lowest BCUT2D eigenvalue weighted by Crippen LogP contribution is -2.28. The molecule has 2 atom stereocenters. The van der Waals surface area contributed by atoms with Crippen LogP contribution in [-0.4, -0.2) is 18.4 Å². The van der Waals surface area contributed by atoms with Crippen molar-refractivity contribution in [2.24, 2.45) is 11.8 Å². The molecule has 2 aliphatic rings. The Balaban J connectivity index is 1.49. The van der Waals surface area contributed by atoms with Crippen molar-refractivity contribution < 1.29 is 9.59 Å². The summed E-state index contributed by atoms with van der Waals surface area (Å²) >= 11 is 0. The van der Waals surface area contributed by atoms with E-state index in [4.69, 9.17) is 0 Å². The van der Waals surface area contributed by atoms with E-state index in [0.717, 1.165) is 36.1 Å². The van der Waals surface area contributed by atoms with Crippen molar-refractivity contribution in [3.05, 3.63) is 41.0 Å². The molecule has 1 aromatic carbocycles. The van der Waals surface area contributed by atoms with Gasteiger partial charge in [0.05, 0.1) is 11.8 Å². The van der Waals surface area contributed by atoms with Crippen LogP contribution >= 0.6 is 0 Å². The van der Waals surface area contributed by atoms with Gasteiger partial charge >= 0.3 is 0 Å². The van der Waals surface area contributed by atoms with Crippen LogP contribution in [0.25, 0.3) is 0 Å². The molecule has 4 heteroatoms. The fourth-order valence-corrected chi connectivity index (χ4v) is 4.00. The number of carbonyl (C=O) groups excluding carboxylic acids is 2. The Morgan fingerprint density at radius 3 is 2.37 bits per heavy atom. The molecule has 27 heavy (non-hydrogen) atoms. The average molecular weight is 369 g/mol. The van der Waals surface area contributed by atoms with E-state index in [1.807, 2.05) is 6.07 Å². The van der Waals surface area contributed by atoms with E-state index < -0.39 is 0 Å². The van der Waals surface area contributed by atoms with Gasteiger partial charge in [-0.2, -0.15) is 0 Å². The van der Waals surface area contributed by atoms with Crippen molar-refractivity contribution in [1.82, 2.24) is 5.32 Å². The van der Waals surface area contributed by atoms with Crippen molar-refractivity contribution in [2.45, 2.75) is 65.2 Å². The number of hydrogen-bond acceptors (Lipinski definition) is 2. The second-order valence-electron chi connectivity index (χ2n) is 7.75. The molecule has 1 saturated carbocycles. The summed E-state index contributed by atoms with van der Waals surface area (Å²) in [5.74, 6) is -0.329. The molecule has 0 heterocycles. The Bertz CT molecular complexity index is 701. The van der Waals surface area contributed by atoms with E-state index in [0.29, 0.717) is 13.0 Å². The van der Waals surface area contributed by atoms with Crippen LogP contribution in [0.3, 0.4) is 0 Å². The molecular formula is C23H32N2O2. The fourth-order valence-electron chi connectivity index (χ4n) is 4.00. The van der Waals surface area contributed by atoms with Crippen LogP contribution < -0.4 is 10.6 Å². The molecular weight excluding hydrogens is 336 g/mol. The maximum absolute atomic E-state index is 12.6. The van der Waals surface area contributed by atoms with Gasteiger partial charge in [0, 0.05) is 12.2 Å². The SMILES string of the molecule is CCc1cccc(CC)c1NC(=O)C1CC1C(=O)NCCC1=CCCCC1. The number of anilines is 1. The Kier molecular flexibility index (Phi) is 6.70. The molecule has 0 spiro atoms. The first kappa shape index (κ1) is 19.7. The number of nitrogens with one attached hydrogen (secondary N) is 2. The highest BCUT2D eigenvalue weighted by Gasteiger charge is 2.48. The highest BCUT2D eigenvalue weighted by Crippen LogP contribution is 2.40. The van der Waals surface area contributed by atoms with Crippen molar-refractivity contribution in [3.63, 3.8) is 0 Å². The number of carbonyl (C=O) groups is 2. The smallest absolute Gasteiger partial charge is 0.228 e. The maximum atomic E-state index is 12.6. The first-order valence-electron chi connectivity index (χ1n) is 10.5. The summed E-state index contributed by atoms with van der Waals surface area (Å²) in [5.41, 5.74) is 4.73. The molecule has 0 aliphatic heterocycles. The summed E-state index contributed by atoms with van der Waals surface area (Å²) in [6, 6.07) is 6.17. The van der Waals surface area contributed by atoms with Gasteiger partial charge in [-0.1, -0.05) is 43.7 Å². The number of para-hydroxylation sites is 1. The standard InChI is InChI=1S/C23H32N2O2/c1-3-17-11-8-12-18(4-2)21(17)25-23(27)20-15-19(20)22(26)24-14-13-16-9-6-5-7-10-16/h8-9,11-12,19-20H,3-7,10,13-15H2,1-2H3,(H,24,26)(H,25,27). The minimum atomic E-state index is -0.187. The molecule has 1 fully saturated rings. The third kappa shape index (κ3) is 5.00. The predicted octanol–water partition coefficient (Wildman–Crippen LogP) is 4.39. The second kappa shape index (κ2) is 9.20. The summed E-state index contributed by atoms with van der Waals surface area (Å²) in [5, 5.41) is 6.13. The van der Waals surface area contributed by atoms with Crippen LogP contribution in [0.5, 0.6) is 0 Å². The van der Waals surface area contributed by atoms with Gasteiger partial charge in [0.15, 0.2) is 0 Å². The van der Waals surface area contributed by atoms with Crippen LogP contribution in [0.15, 0.2) is 29.8 Å². The minimum absolute atomic E-state index is 0.0132. The van der Waals surface area contributed by atoms with Crippen LogP contribution in [0.4, 0.5) is 5.69 Å². The highest BCUT2D eigenvalue weighted by atomic mass is 16.2. The highest BCUT2D eigenvalue weighted by molar-refractivity contribution is 6.00. The van der Waals surface area contributed by atoms with Gasteiger partial charge in [-0.3, -0.25) is 9.59 Å². The number of benzene rings is 1. The van der Waals surface area contributed by atoms with E-state index in [1.165, 1.54) is 31.3 Å². The molecule has 4 nitrogen and oxygen atoms in total. The average Bonchev–Trinajstić information content (AvgIpc) is 3.50. The van der Waals surface area contributed by atoms with Gasteiger partial charge < -0.3 is 10.6 Å². The van der Waals surface area contributed by atoms with E-state index in [1.54, 1.807) is 0 Å². The molecule has 2 N–H and O–H groups in total. The van der Waals surface area contributed by atoms with Gasteiger partial charge in [-0.05, 0) is 62.5 Å². The summed E-state index contributed by atoms with van der Waals surface area (Å²) in [6.45, 7) is 4.88. The van der Waals surface area contributed by atoms with Gasteiger partial charge in [0.2, 0.25) is 11.8 Å². The number of aryl methyl sites for hydroxylation is 2. The largest absolute Gasteiger partial charge is 0.356 e. The van der Waals surface area contributed by atoms with Gasteiger partial charge in [-0.15, -0.1) is 0 Å². The summed E-state index contributed by atoms with van der Waals surface area (Å²) in [4.78, 5) is 25.0. The van der Waals surface area contributed by atoms with Gasteiger partial charge in [0.1, 0.15) is 0 Å². The van der Waals surface area contributed by atoms with Crippen LogP contribution in [-0.2, 0) is 22.4 Å². The lowest BCUT2D eigenvalue weighted by molar-refractivity contribution is -0.125. The van der Waals surface area contributed by atoms with Crippen molar-refractivity contribution in [2.75, 3.05) is 11.9 Å². The van der Waals surface area contributed by atoms with Crippen LogP contribution in [0.2, 0.25) is 0 Å². The number of hydrogen-bond donors (Lipinski definition) is 2. The molecule has 0 radical (unpaired) electrons. The Morgan fingerprint density at radius 1 is 1.04 bits per heavy atom. The summed E-state index contributed by atoms with van der Waals surface area (Å²) in [6.07, 6.45) is 10.6. The van der Waals surface area contributed by atoms with E-state index in [2.05, 4.69) is 42.7 Å². The third-order valence-electron chi connectivity index (χ3n) is 5.84. The topological polar surface area (TPSA) is 58.2 Å². The van der Waals surface area contributed by atoms with Crippen molar-refractivity contribution >= 4 is 17.5 Å². The molecule has 146 valence electrons. The Labute approximate surface area is 162 Å². The monoisotopic (exact) mass is 368 g/mol. The lowest BCUT2D eigenvalue weighted by Gasteiger charge is -2.14. The fraction of sp³-hybridized carbons (Fsp3) is 0.565. The minimum Gasteiger partial charge on any atom is -0.356 e. The number of rotatable bonds is 8. The van der Waals surface area contributed by atoms with E-state index >= 15 is 0 Å². The quantitative estimate of drug-likeness (QED) is 0.669. The lowest BCUT2D eigenvalue weighted by atomic mass is 9.97. The molecule has 2 aliphatic carbocycles. The molecule has 2 unspecified atom stereocenters. The zero-order valence-electron chi connectivity index (χ0n) is 16.6. The molecule has 2 amide bonds. The van der Waals surface area contributed by atoms with Crippen LogP contribution in [0.1, 0.15) is 63.5 Å². The number of allylic oxidation sites excluding steroid dienone is 1. The Hall–Kier alpha value is -2.10. The van der Waals surface area contributed by atoms with Crippen molar-refractivity contribution in [3.8, 4) is 0 Å². The molecule has 0 aromatic heterocycles. The van der Waals surface area contributed by atoms with E-state index in [-0.39, 0.29) is 23.7 Å². The first-order valence-corrected chi connectivity index (χ1v) is 10.5. The number of amides is 2. The van der Waals surface area contributed by atoms with E-state index in [9.17, 15) is 9.59 Å². The molecule has 3 rings (SSSR count). The van der Waals surface area contributed by atoms with Crippen molar-refractivity contribution in [1.29, 1.82) is 0 Å². The van der Waals surface area contributed by atoms with Gasteiger partial charge in [-0.25, -0.2) is 0 Å². The Morgan fingerprint density at radius 2 is 1.74 bits per heavy atom. The predicted molar refractivity (Wildman–Crippen MR) is 110 cm³/mol. The normalized spacial score (nSPS) is 21.3. The zero-order chi connectivity index (χ0) is 19.2. The van der Waals surface area contributed by atoms with Crippen LogP contribution in [0, 0.1) is 11.8 Å². The molecule has 0 bridgehead atoms.